The van der Waals surface area contributed by atoms with Gasteiger partial charge in [0, 0.05) is 5.56 Å². The van der Waals surface area contributed by atoms with Gasteiger partial charge < -0.3 is 15.3 Å². The molecular formula is C19H16O3. The quantitative estimate of drug-likeness (QED) is 0.654. The van der Waals surface area contributed by atoms with Gasteiger partial charge in [0.05, 0.1) is 0 Å². The monoisotopic (exact) mass is 292 g/mol. The lowest BCUT2D eigenvalue weighted by molar-refractivity contribution is 0.472. The standard InChI is InChI=1S/C19H16O3/c1-12-2-11-17(13-3-7-15(20)8-4-13)18(19(12)22)14-5-9-16(21)10-6-14/h2-11,20-22H,1H3. The van der Waals surface area contributed by atoms with E-state index >= 15 is 0 Å². The molecule has 0 saturated heterocycles. The summed E-state index contributed by atoms with van der Waals surface area (Å²) in [7, 11) is 0. The average molecular weight is 292 g/mol. The van der Waals surface area contributed by atoms with Crippen molar-refractivity contribution in [3.8, 4) is 39.5 Å². The van der Waals surface area contributed by atoms with Gasteiger partial charge in [-0.05, 0) is 53.4 Å². The Bertz CT molecular complexity index is 803. The molecule has 0 atom stereocenters. The molecule has 0 bridgehead atoms. The number of phenols is 3. The molecule has 3 heteroatoms. The zero-order valence-corrected chi connectivity index (χ0v) is 12.1. The van der Waals surface area contributed by atoms with Gasteiger partial charge in [-0.2, -0.15) is 0 Å². The van der Waals surface area contributed by atoms with Gasteiger partial charge in [-0.25, -0.2) is 0 Å². The minimum atomic E-state index is 0.182. The van der Waals surface area contributed by atoms with E-state index in [1.807, 2.05) is 31.2 Å². The fourth-order valence-electron chi connectivity index (χ4n) is 2.50. The normalized spacial score (nSPS) is 10.6. The number of rotatable bonds is 2. The zero-order valence-electron chi connectivity index (χ0n) is 12.1. The van der Waals surface area contributed by atoms with E-state index in [1.165, 1.54) is 0 Å². The molecule has 0 aliphatic heterocycles. The maximum Gasteiger partial charge on any atom is 0.126 e. The summed E-state index contributed by atoms with van der Waals surface area (Å²) >= 11 is 0. The van der Waals surface area contributed by atoms with Gasteiger partial charge in [-0.15, -0.1) is 0 Å². The van der Waals surface area contributed by atoms with Gasteiger partial charge in [0.1, 0.15) is 17.2 Å². The molecule has 0 unspecified atom stereocenters. The lowest BCUT2D eigenvalue weighted by Crippen LogP contribution is -1.88. The predicted molar refractivity (Wildman–Crippen MR) is 87.0 cm³/mol. The fraction of sp³-hybridized carbons (Fsp3) is 0.0526. The summed E-state index contributed by atoms with van der Waals surface area (Å²) < 4.78 is 0. The molecule has 0 aliphatic carbocycles. The maximum atomic E-state index is 10.5. The summed E-state index contributed by atoms with van der Waals surface area (Å²) in [6, 6.07) is 17.4. The van der Waals surface area contributed by atoms with Gasteiger partial charge in [0.2, 0.25) is 0 Å². The van der Waals surface area contributed by atoms with E-state index < -0.39 is 0 Å². The van der Waals surface area contributed by atoms with Gasteiger partial charge in [-0.3, -0.25) is 0 Å². The second kappa shape index (κ2) is 5.45. The Kier molecular flexibility index (Phi) is 3.47. The van der Waals surface area contributed by atoms with Gasteiger partial charge >= 0.3 is 0 Å². The first-order chi connectivity index (χ1) is 10.6. The highest BCUT2D eigenvalue weighted by Gasteiger charge is 2.14. The number of hydrogen-bond donors (Lipinski definition) is 3. The third kappa shape index (κ3) is 2.49. The van der Waals surface area contributed by atoms with Crippen molar-refractivity contribution in [3.63, 3.8) is 0 Å². The highest BCUT2D eigenvalue weighted by atomic mass is 16.3. The van der Waals surface area contributed by atoms with Crippen molar-refractivity contribution in [3.05, 3.63) is 66.2 Å². The molecule has 0 aromatic heterocycles. The van der Waals surface area contributed by atoms with E-state index in [2.05, 4.69) is 0 Å². The van der Waals surface area contributed by atoms with Crippen LogP contribution < -0.4 is 0 Å². The van der Waals surface area contributed by atoms with E-state index in [4.69, 9.17) is 0 Å². The lowest BCUT2D eigenvalue weighted by atomic mass is 9.92. The molecule has 0 fully saturated rings. The summed E-state index contributed by atoms with van der Waals surface area (Å²) in [5.41, 5.74) is 4.09. The zero-order chi connectivity index (χ0) is 15.7. The van der Waals surface area contributed by atoms with Crippen LogP contribution in [0.4, 0.5) is 0 Å². The van der Waals surface area contributed by atoms with E-state index in [-0.39, 0.29) is 17.2 Å². The third-order valence-corrected chi connectivity index (χ3v) is 3.71. The predicted octanol–water partition coefficient (Wildman–Crippen LogP) is 4.45. The van der Waals surface area contributed by atoms with Crippen LogP contribution in [0.15, 0.2) is 60.7 Å². The van der Waals surface area contributed by atoms with Crippen LogP contribution >= 0.6 is 0 Å². The van der Waals surface area contributed by atoms with Crippen molar-refractivity contribution in [1.29, 1.82) is 0 Å². The molecular weight excluding hydrogens is 276 g/mol. The SMILES string of the molecule is Cc1ccc(-c2ccc(O)cc2)c(-c2ccc(O)cc2)c1O. The first kappa shape index (κ1) is 14.0. The third-order valence-electron chi connectivity index (χ3n) is 3.71. The van der Waals surface area contributed by atoms with Crippen molar-refractivity contribution >= 4 is 0 Å². The molecule has 3 nitrogen and oxygen atoms in total. The Hall–Kier alpha value is -2.94. The van der Waals surface area contributed by atoms with Crippen LogP contribution in [0.3, 0.4) is 0 Å². The Morgan fingerprint density at radius 1 is 0.591 bits per heavy atom. The molecule has 3 aromatic rings. The summed E-state index contributed by atoms with van der Waals surface area (Å²) in [4.78, 5) is 0. The Labute approximate surface area is 128 Å². The molecule has 0 radical (unpaired) electrons. The average Bonchev–Trinajstić information content (AvgIpc) is 2.52. The van der Waals surface area contributed by atoms with Gasteiger partial charge in [0.25, 0.3) is 0 Å². The topological polar surface area (TPSA) is 60.7 Å². The molecule has 0 amide bonds. The first-order valence-corrected chi connectivity index (χ1v) is 6.97. The van der Waals surface area contributed by atoms with Crippen molar-refractivity contribution in [2.75, 3.05) is 0 Å². The van der Waals surface area contributed by atoms with Gasteiger partial charge in [-0.1, -0.05) is 36.4 Å². The molecule has 0 spiro atoms. The summed E-state index contributed by atoms with van der Waals surface area (Å²) in [5.74, 6) is 0.601. The second-order valence-corrected chi connectivity index (χ2v) is 5.25. The first-order valence-electron chi connectivity index (χ1n) is 6.97. The molecule has 0 aliphatic rings. The summed E-state index contributed by atoms with van der Waals surface area (Å²) in [6.45, 7) is 1.85. The van der Waals surface area contributed by atoms with Crippen LogP contribution in [0.25, 0.3) is 22.3 Å². The summed E-state index contributed by atoms with van der Waals surface area (Å²) in [6.07, 6.45) is 0. The molecule has 3 aromatic carbocycles. The molecule has 0 saturated carbocycles. The number of aromatic hydroxyl groups is 3. The van der Waals surface area contributed by atoms with Crippen molar-refractivity contribution in [2.24, 2.45) is 0 Å². The second-order valence-electron chi connectivity index (χ2n) is 5.25. The molecule has 0 heterocycles. The molecule has 22 heavy (non-hydrogen) atoms. The van der Waals surface area contributed by atoms with Crippen molar-refractivity contribution < 1.29 is 15.3 Å². The number of aryl methyl sites for hydroxylation is 1. The minimum absolute atomic E-state index is 0.182. The highest BCUT2D eigenvalue weighted by Crippen LogP contribution is 2.41. The molecule has 110 valence electrons. The maximum absolute atomic E-state index is 10.5. The highest BCUT2D eigenvalue weighted by molar-refractivity contribution is 5.88. The van der Waals surface area contributed by atoms with Crippen LogP contribution in [0.5, 0.6) is 17.2 Å². The largest absolute Gasteiger partial charge is 0.508 e. The Morgan fingerprint density at radius 2 is 1.09 bits per heavy atom. The van der Waals surface area contributed by atoms with Crippen LogP contribution in [-0.4, -0.2) is 15.3 Å². The molecule has 3 rings (SSSR count). The summed E-state index contributed by atoms with van der Waals surface area (Å²) in [5, 5.41) is 29.4. The fourth-order valence-corrected chi connectivity index (χ4v) is 2.50. The Morgan fingerprint density at radius 3 is 1.64 bits per heavy atom. The van der Waals surface area contributed by atoms with E-state index in [0.29, 0.717) is 5.56 Å². The number of benzene rings is 3. The van der Waals surface area contributed by atoms with Crippen molar-refractivity contribution in [2.45, 2.75) is 6.92 Å². The minimum Gasteiger partial charge on any atom is -0.508 e. The Balaban J connectivity index is 2.25. The van der Waals surface area contributed by atoms with Crippen molar-refractivity contribution in [1.82, 2.24) is 0 Å². The van der Waals surface area contributed by atoms with Crippen LogP contribution in [0.1, 0.15) is 5.56 Å². The molecule has 3 N–H and O–H groups in total. The smallest absolute Gasteiger partial charge is 0.126 e. The lowest BCUT2D eigenvalue weighted by Gasteiger charge is -2.14. The van der Waals surface area contributed by atoms with Crippen LogP contribution in [0.2, 0.25) is 0 Å². The van der Waals surface area contributed by atoms with E-state index in [1.54, 1.807) is 36.4 Å². The van der Waals surface area contributed by atoms with E-state index in [0.717, 1.165) is 22.3 Å². The number of phenolic OH excluding ortho intramolecular Hbond substituents is 3. The number of hydrogen-bond acceptors (Lipinski definition) is 3. The van der Waals surface area contributed by atoms with Crippen LogP contribution in [0, 0.1) is 6.92 Å². The van der Waals surface area contributed by atoms with Crippen LogP contribution in [-0.2, 0) is 0 Å². The van der Waals surface area contributed by atoms with E-state index in [9.17, 15) is 15.3 Å². The van der Waals surface area contributed by atoms with Gasteiger partial charge in [0.15, 0.2) is 0 Å².